The Morgan fingerprint density at radius 2 is 1.36 bits per heavy atom. The van der Waals surface area contributed by atoms with E-state index in [4.69, 9.17) is 10.00 Å². The van der Waals surface area contributed by atoms with Crippen molar-refractivity contribution >= 4 is 8.60 Å². The molecule has 0 saturated carbocycles. The van der Waals surface area contributed by atoms with Crippen molar-refractivity contribution in [1.82, 2.24) is 0 Å². The summed E-state index contributed by atoms with van der Waals surface area (Å²) in [4.78, 5) is 8.67. The highest BCUT2D eigenvalue weighted by Gasteiger charge is 2.00. The molecule has 0 aliphatic rings. The maximum absolute atomic E-state index is 8.67. The molecule has 70 valence electrons. The maximum Gasteiger partial charge on any atom is 0.329 e. The first-order valence-electron chi connectivity index (χ1n) is 3.58. The van der Waals surface area contributed by atoms with Gasteiger partial charge in [0.25, 0.3) is 0 Å². The SMILES string of the molecule is CCO.CCOP(O)OCC. The average molecular weight is 184 g/mol. The van der Waals surface area contributed by atoms with E-state index in [0.29, 0.717) is 13.2 Å². The van der Waals surface area contributed by atoms with Crippen LogP contribution in [0.2, 0.25) is 0 Å². The van der Waals surface area contributed by atoms with E-state index in [2.05, 4.69) is 9.05 Å². The van der Waals surface area contributed by atoms with Crippen LogP contribution in [0.25, 0.3) is 0 Å². The first-order valence-corrected chi connectivity index (χ1v) is 4.71. The Morgan fingerprint density at radius 1 is 1.09 bits per heavy atom. The zero-order valence-electron chi connectivity index (χ0n) is 7.28. The van der Waals surface area contributed by atoms with E-state index < -0.39 is 8.60 Å². The highest BCUT2D eigenvalue weighted by molar-refractivity contribution is 7.40. The molecule has 0 aromatic rings. The van der Waals surface area contributed by atoms with E-state index in [1.165, 1.54) is 0 Å². The molecule has 0 fully saturated rings. The molecule has 0 aliphatic carbocycles. The Morgan fingerprint density at radius 3 is 1.55 bits per heavy atom. The van der Waals surface area contributed by atoms with Gasteiger partial charge >= 0.3 is 8.60 Å². The molecule has 0 unspecified atom stereocenters. The van der Waals surface area contributed by atoms with Crippen molar-refractivity contribution in [3.8, 4) is 0 Å². The molecular formula is C6H17O4P. The fourth-order valence-corrected chi connectivity index (χ4v) is 0.774. The predicted octanol–water partition coefficient (Wildman–Crippen LogP) is 1.28. The minimum atomic E-state index is -1.58. The summed E-state index contributed by atoms with van der Waals surface area (Å²) >= 11 is 0. The van der Waals surface area contributed by atoms with Crippen LogP contribution in [-0.2, 0) is 9.05 Å². The van der Waals surface area contributed by atoms with Gasteiger partial charge < -0.3 is 19.0 Å². The van der Waals surface area contributed by atoms with E-state index in [1.54, 1.807) is 6.92 Å². The maximum atomic E-state index is 8.67. The molecule has 5 heteroatoms. The van der Waals surface area contributed by atoms with Crippen LogP contribution < -0.4 is 0 Å². The van der Waals surface area contributed by atoms with Crippen LogP contribution in [0.15, 0.2) is 0 Å². The van der Waals surface area contributed by atoms with Crippen LogP contribution in [0.3, 0.4) is 0 Å². The van der Waals surface area contributed by atoms with Gasteiger partial charge in [0.1, 0.15) is 0 Å². The number of aliphatic hydroxyl groups is 1. The second-order valence-electron chi connectivity index (χ2n) is 1.39. The van der Waals surface area contributed by atoms with E-state index >= 15 is 0 Å². The molecule has 0 bridgehead atoms. The Bertz CT molecular complexity index is 56.5. The molecule has 0 atom stereocenters. The highest BCUT2D eigenvalue weighted by atomic mass is 31.2. The molecule has 0 heterocycles. The van der Waals surface area contributed by atoms with Gasteiger partial charge in [-0.05, 0) is 20.8 Å². The summed E-state index contributed by atoms with van der Waals surface area (Å²) in [6, 6.07) is 0. The fraction of sp³-hybridized carbons (Fsp3) is 1.00. The molecule has 0 aliphatic heterocycles. The van der Waals surface area contributed by atoms with Gasteiger partial charge in [-0.25, -0.2) is 0 Å². The van der Waals surface area contributed by atoms with Crippen LogP contribution in [-0.4, -0.2) is 29.8 Å². The number of hydrogen-bond acceptors (Lipinski definition) is 4. The van der Waals surface area contributed by atoms with Crippen molar-refractivity contribution in [3.63, 3.8) is 0 Å². The van der Waals surface area contributed by atoms with Crippen LogP contribution in [0.5, 0.6) is 0 Å². The number of hydrogen-bond donors (Lipinski definition) is 2. The zero-order valence-corrected chi connectivity index (χ0v) is 8.17. The van der Waals surface area contributed by atoms with Gasteiger partial charge in [-0.1, -0.05) is 0 Å². The van der Waals surface area contributed by atoms with Crippen molar-refractivity contribution in [3.05, 3.63) is 0 Å². The summed E-state index contributed by atoms with van der Waals surface area (Å²) in [6.45, 7) is 6.56. The number of aliphatic hydroxyl groups excluding tert-OH is 1. The fourth-order valence-electron chi connectivity index (χ4n) is 0.258. The molecular weight excluding hydrogens is 167 g/mol. The first kappa shape index (κ1) is 13.8. The van der Waals surface area contributed by atoms with Gasteiger partial charge in [-0.2, -0.15) is 0 Å². The van der Waals surface area contributed by atoms with Crippen LogP contribution in [0, 0.1) is 0 Å². The molecule has 0 amide bonds. The minimum absolute atomic E-state index is 0.250. The van der Waals surface area contributed by atoms with Gasteiger partial charge in [0, 0.05) is 6.61 Å². The van der Waals surface area contributed by atoms with E-state index in [9.17, 15) is 0 Å². The summed E-state index contributed by atoms with van der Waals surface area (Å²) in [5.74, 6) is 0. The lowest BCUT2D eigenvalue weighted by Crippen LogP contribution is -1.87. The van der Waals surface area contributed by atoms with Gasteiger partial charge in [-0.15, -0.1) is 0 Å². The second kappa shape index (κ2) is 12.9. The normalized spacial score (nSPS) is 9.27. The zero-order chi connectivity index (χ0) is 9.11. The van der Waals surface area contributed by atoms with Crippen molar-refractivity contribution < 1.29 is 19.0 Å². The summed E-state index contributed by atoms with van der Waals surface area (Å²) in [5, 5.41) is 7.57. The monoisotopic (exact) mass is 184 g/mol. The third kappa shape index (κ3) is 17.9. The average Bonchev–Trinajstić information content (AvgIpc) is 1.90. The summed E-state index contributed by atoms with van der Waals surface area (Å²) in [7, 11) is -1.58. The van der Waals surface area contributed by atoms with Gasteiger partial charge in [0.05, 0.1) is 13.2 Å². The Hall–Kier alpha value is 0.270. The van der Waals surface area contributed by atoms with Crippen molar-refractivity contribution in [2.45, 2.75) is 20.8 Å². The lowest BCUT2D eigenvalue weighted by atomic mass is 10.9. The molecule has 0 saturated heterocycles. The van der Waals surface area contributed by atoms with E-state index in [1.807, 2.05) is 13.8 Å². The molecule has 11 heavy (non-hydrogen) atoms. The summed E-state index contributed by atoms with van der Waals surface area (Å²) in [6.07, 6.45) is 0. The van der Waals surface area contributed by atoms with Crippen LogP contribution >= 0.6 is 8.60 Å². The summed E-state index contributed by atoms with van der Waals surface area (Å²) < 4.78 is 9.36. The van der Waals surface area contributed by atoms with Crippen molar-refractivity contribution in [2.24, 2.45) is 0 Å². The molecule has 0 aromatic heterocycles. The Labute approximate surface area is 69.1 Å². The highest BCUT2D eigenvalue weighted by Crippen LogP contribution is 2.31. The Balaban J connectivity index is 0. The van der Waals surface area contributed by atoms with E-state index in [-0.39, 0.29) is 6.61 Å². The summed E-state index contributed by atoms with van der Waals surface area (Å²) in [5.41, 5.74) is 0. The molecule has 0 radical (unpaired) electrons. The lowest BCUT2D eigenvalue weighted by Gasteiger charge is -2.05. The van der Waals surface area contributed by atoms with Crippen molar-refractivity contribution in [1.29, 1.82) is 0 Å². The molecule has 0 spiro atoms. The largest absolute Gasteiger partial charge is 0.397 e. The topological polar surface area (TPSA) is 58.9 Å². The first-order chi connectivity index (χ1) is 5.22. The van der Waals surface area contributed by atoms with Crippen LogP contribution in [0.4, 0.5) is 0 Å². The van der Waals surface area contributed by atoms with E-state index in [0.717, 1.165) is 0 Å². The number of rotatable bonds is 4. The van der Waals surface area contributed by atoms with Gasteiger partial charge in [0.15, 0.2) is 0 Å². The Kier molecular flexibility index (Phi) is 16.2. The predicted molar refractivity (Wildman–Crippen MR) is 45.2 cm³/mol. The second-order valence-corrected chi connectivity index (χ2v) is 2.38. The quantitative estimate of drug-likeness (QED) is 0.646. The van der Waals surface area contributed by atoms with Gasteiger partial charge in [0.2, 0.25) is 0 Å². The molecule has 4 nitrogen and oxygen atoms in total. The lowest BCUT2D eigenvalue weighted by molar-refractivity contribution is 0.216. The standard InChI is InChI=1S/C4H11O3P.C2H6O/c1-3-6-8(5)7-4-2;1-2-3/h5H,3-4H2,1-2H3;3H,2H2,1H3. The van der Waals surface area contributed by atoms with Gasteiger partial charge in [-0.3, -0.25) is 0 Å². The third-order valence-corrected chi connectivity index (χ3v) is 1.44. The van der Waals surface area contributed by atoms with Crippen molar-refractivity contribution in [2.75, 3.05) is 19.8 Å². The third-order valence-electron chi connectivity index (χ3n) is 0.479. The molecule has 2 N–H and O–H groups in total. The smallest absolute Gasteiger partial charge is 0.329 e. The minimum Gasteiger partial charge on any atom is -0.397 e. The molecule has 0 rings (SSSR count). The van der Waals surface area contributed by atoms with Crippen LogP contribution in [0.1, 0.15) is 20.8 Å². The molecule has 0 aromatic carbocycles.